The lowest BCUT2D eigenvalue weighted by Gasteiger charge is -2.40. The van der Waals surface area contributed by atoms with Crippen LogP contribution in [0.2, 0.25) is 0 Å². The molecule has 2 heterocycles. The van der Waals surface area contributed by atoms with Gasteiger partial charge in [-0.25, -0.2) is 9.78 Å². The van der Waals surface area contributed by atoms with Gasteiger partial charge < -0.3 is 14.8 Å². The Balaban J connectivity index is 1.59. The number of piperidine rings is 1. The second-order valence-corrected chi connectivity index (χ2v) is 7.05. The molecule has 1 aliphatic heterocycles. The lowest BCUT2D eigenvalue weighted by Crippen LogP contribution is -2.47. The third kappa shape index (κ3) is 4.41. The number of benzene rings is 1. The molecule has 134 valence electrons. The third-order valence-electron chi connectivity index (χ3n) is 5.04. The molecule has 5 nitrogen and oxygen atoms in total. The summed E-state index contributed by atoms with van der Waals surface area (Å²) >= 11 is 0. The summed E-state index contributed by atoms with van der Waals surface area (Å²) in [6.07, 6.45) is 8.68. The van der Waals surface area contributed by atoms with Crippen molar-refractivity contribution in [3.63, 3.8) is 0 Å². The summed E-state index contributed by atoms with van der Waals surface area (Å²) in [5.74, 6) is 0.480. The van der Waals surface area contributed by atoms with Gasteiger partial charge in [0, 0.05) is 32.0 Å². The Labute approximate surface area is 150 Å². The highest BCUT2D eigenvalue weighted by Crippen LogP contribution is 2.35. The van der Waals surface area contributed by atoms with E-state index in [1.54, 1.807) is 6.20 Å². The van der Waals surface area contributed by atoms with Gasteiger partial charge in [0.2, 0.25) is 0 Å². The molecule has 1 N–H and O–H groups in total. The van der Waals surface area contributed by atoms with E-state index in [2.05, 4.69) is 48.4 Å². The van der Waals surface area contributed by atoms with Gasteiger partial charge in [0.1, 0.15) is 0 Å². The van der Waals surface area contributed by atoms with Crippen LogP contribution >= 0.6 is 0 Å². The maximum absolute atomic E-state index is 12.8. The van der Waals surface area contributed by atoms with Crippen LogP contribution in [-0.4, -0.2) is 33.6 Å². The first-order valence-corrected chi connectivity index (χ1v) is 9.22. The fourth-order valence-electron chi connectivity index (χ4n) is 3.67. The van der Waals surface area contributed by atoms with Crippen molar-refractivity contribution in [2.24, 2.45) is 5.92 Å². The molecule has 2 amide bonds. The van der Waals surface area contributed by atoms with Gasteiger partial charge in [0.15, 0.2) is 0 Å². The SMILES string of the molecule is Cc1ccc([C@H]2[C@H](C)CCCN2C(=O)NCCCn2ccnc2)cc1. The number of carbonyl (C=O) groups excluding carboxylic acids is 1. The number of hydrogen-bond acceptors (Lipinski definition) is 2. The molecule has 1 aliphatic rings. The van der Waals surface area contributed by atoms with Crippen LogP contribution in [0.25, 0.3) is 0 Å². The topological polar surface area (TPSA) is 50.2 Å². The molecule has 1 fully saturated rings. The van der Waals surface area contributed by atoms with Crippen LogP contribution in [-0.2, 0) is 6.54 Å². The van der Waals surface area contributed by atoms with E-state index in [1.807, 2.05) is 22.0 Å². The summed E-state index contributed by atoms with van der Waals surface area (Å²) in [4.78, 5) is 18.8. The highest BCUT2D eigenvalue weighted by molar-refractivity contribution is 5.75. The number of likely N-dealkylation sites (tertiary alicyclic amines) is 1. The number of hydrogen-bond donors (Lipinski definition) is 1. The van der Waals surface area contributed by atoms with Crippen LogP contribution in [0.4, 0.5) is 4.79 Å². The molecule has 0 spiro atoms. The minimum atomic E-state index is 0.0581. The molecule has 0 radical (unpaired) electrons. The number of aromatic nitrogens is 2. The van der Waals surface area contributed by atoms with E-state index in [1.165, 1.54) is 17.5 Å². The number of carbonyl (C=O) groups is 1. The van der Waals surface area contributed by atoms with E-state index in [9.17, 15) is 4.79 Å². The Morgan fingerprint density at radius 1 is 1.32 bits per heavy atom. The van der Waals surface area contributed by atoms with Gasteiger partial charge in [-0.2, -0.15) is 0 Å². The molecule has 5 heteroatoms. The Bertz CT molecular complexity index is 666. The van der Waals surface area contributed by atoms with E-state index in [0.717, 1.165) is 25.9 Å². The Kier molecular flexibility index (Phi) is 5.74. The summed E-state index contributed by atoms with van der Waals surface area (Å²) < 4.78 is 2.03. The van der Waals surface area contributed by atoms with Crippen LogP contribution in [0.15, 0.2) is 43.0 Å². The normalized spacial score (nSPS) is 20.5. The zero-order valence-corrected chi connectivity index (χ0v) is 15.2. The average molecular weight is 340 g/mol. The maximum Gasteiger partial charge on any atom is 0.317 e. The van der Waals surface area contributed by atoms with Crippen LogP contribution in [0.1, 0.15) is 43.4 Å². The van der Waals surface area contributed by atoms with Gasteiger partial charge in [-0.05, 0) is 37.7 Å². The largest absolute Gasteiger partial charge is 0.338 e. The highest BCUT2D eigenvalue weighted by atomic mass is 16.2. The number of nitrogens with one attached hydrogen (secondary N) is 1. The quantitative estimate of drug-likeness (QED) is 0.843. The molecule has 3 rings (SSSR count). The van der Waals surface area contributed by atoms with Crippen molar-refractivity contribution in [1.82, 2.24) is 19.8 Å². The second-order valence-electron chi connectivity index (χ2n) is 7.05. The summed E-state index contributed by atoms with van der Waals surface area (Å²) in [5.41, 5.74) is 2.49. The molecular weight excluding hydrogens is 312 g/mol. The predicted molar refractivity (Wildman–Crippen MR) is 99.3 cm³/mol. The minimum Gasteiger partial charge on any atom is -0.338 e. The van der Waals surface area contributed by atoms with Crippen LogP contribution < -0.4 is 5.32 Å². The van der Waals surface area contributed by atoms with E-state index in [0.29, 0.717) is 12.5 Å². The molecule has 1 saturated heterocycles. The smallest absolute Gasteiger partial charge is 0.317 e. The molecule has 1 aromatic heterocycles. The molecule has 25 heavy (non-hydrogen) atoms. The summed E-state index contributed by atoms with van der Waals surface area (Å²) in [6, 6.07) is 8.84. The Hall–Kier alpha value is -2.30. The molecule has 0 saturated carbocycles. The zero-order chi connectivity index (χ0) is 17.6. The van der Waals surface area contributed by atoms with E-state index in [4.69, 9.17) is 0 Å². The Morgan fingerprint density at radius 3 is 2.84 bits per heavy atom. The van der Waals surface area contributed by atoms with Crippen LogP contribution in [0.3, 0.4) is 0 Å². The second kappa shape index (κ2) is 8.19. The number of amides is 2. The number of rotatable bonds is 5. The molecule has 0 unspecified atom stereocenters. The molecule has 0 aliphatic carbocycles. The minimum absolute atomic E-state index is 0.0581. The van der Waals surface area contributed by atoms with Gasteiger partial charge in [-0.1, -0.05) is 36.8 Å². The van der Waals surface area contributed by atoms with Crippen molar-refractivity contribution in [2.75, 3.05) is 13.1 Å². The number of aryl methyl sites for hydroxylation is 2. The first-order valence-electron chi connectivity index (χ1n) is 9.22. The lowest BCUT2D eigenvalue weighted by atomic mass is 9.86. The van der Waals surface area contributed by atoms with Crippen LogP contribution in [0, 0.1) is 12.8 Å². The van der Waals surface area contributed by atoms with Crippen molar-refractivity contribution >= 4 is 6.03 Å². The molecule has 1 aromatic carbocycles. The van der Waals surface area contributed by atoms with Gasteiger partial charge in [0.05, 0.1) is 12.4 Å². The van der Waals surface area contributed by atoms with Crippen molar-refractivity contribution in [3.05, 3.63) is 54.1 Å². The highest BCUT2D eigenvalue weighted by Gasteiger charge is 2.32. The zero-order valence-electron chi connectivity index (χ0n) is 15.2. The number of nitrogens with zero attached hydrogens (tertiary/aromatic N) is 3. The molecule has 0 bridgehead atoms. The van der Waals surface area contributed by atoms with Crippen molar-refractivity contribution < 1.29 is 4.79 Å². The van der Waals surface area contributed by atoms with Gasteiger partial charge in [-0.3, -0.25) is 0 Å². The fraction of sp³-hybridized carbons (Fsp3) is 0.500. The van der Waals surface area contributed by atoms with E-state index in [-0.39, 0.29) is 12.1 Å². The Morgan fingerprint density at radius 2 is 2.12 bits per heavy atom. The molecule has 2 atom stereocenters. The van der Waals surface area contributed by atoms with Crippen molar-refractivity contribution in [2.45, 2.75) is 45.7 Å². The van der Waals surface area contributed by atoms with Crippen LogP contribution in [0.5, 0.6) is 0 Å². The standard InChI is InChI=1S/C20H28N4O/c1-16-6-8-18(9-7-16)19-17(2)5-3-13-24(19)20(25)22-10-4-12-23-14-11-21-15-23/h6-9,11,14-15,17,19H,3-5,10,12-13H2,1-2H3,(H,22,25)/t17-,19-/m1/s1. The van der Waals surface area contributed by atoms with Gasteiger partial charge in [-0.15, -0.1) is 0 Å². The fourth-order valence-corrected chi connectivity index (χ4v) is 3.67. The third-order valence-corrected chi connectivity index (χ3v) is 5.04. The van der Waals surface area contributed by atoms with Crippen molar-refractivity contribution in [3.8, 4) is 0 Å². The number of imidazole rings is 1. The van der Waals surface area contributed by atoms with Gasteiger partial charge >= 0.3 is 6.03 Å². The van der Waals surface area contributed by atoms with Crippen molar-refractivity contribution in [1.29, 1.82) is 0 Å². The monoisotopic (exact) mass is 340 g/mol. The first-order chi connectivity index (χ1) is 12.1. The predicted octanol–water partition coefficient (Wildman–Crippen LogP) is 3.76. The first kappa shape index (κ1) is 17.5. The number of urea groups is 1. The lowest BCUT2D eigenvalue weighted by molar-refractivity contribution is 0.119. The molecular formula is C20H28N4O. The van der Waals surface area contributed by atoms with E-state index >= 15 is 0 Å². The van der Waals surface area contributed by atoms with E-state index < -0.39 is 0 Å². The maximum atomic E-state index is 12.8. The molecule has 2 aromatic rings. The van der Waals surface area contributed by atoms with Gasteiger partial charge in [0.25, 0.3) is 0 Å². The average Bonchev–Trinajstić information content (AvgIpc) is 3.13. The summed E-state index contributed by atoms with van der Waals surface area (Å²) in [7, 11) is 0. The summed E-state index contributed by atoms with van der Waals surface area (Å²) in [6.45, 7) is 6.73. The summed E-state index contributed by atoms with van der Waals surface area (Å²) in [5, 5.41) is 3.10.